The molecule has 0 radical (unpaired) electrons. The number of amides is 2. The van der Waals surface area contributed by atoms with E-state index in [0.717, 1.165) is 29.8 Å². The fraction of sp³-hybridized carbons (Fsp3) is 0.350. The standard InChI is InChI=1S/C20H21N3O2/c1-12-10-13(8-9-21-12)18(24)22-14-4-7-16-17(11-14)23(15-5-6-15)19(25)20(16,2)3/h4,7-11,15H,5-6H2,1-3H3,(H,22,24). The van der Waals surface area contributed by atoms with E-state index in [-0.39, 0.29) is 11.8 Å². The zero-order chi connectivity index (χ0) is 17.8. The van der Waals surface area contributed by atoms with Gasteiger partial charge in [-0.05, 0) is 63.4 Å². The summed E-state index contributed by atoms with van der Waals surface area (Å²) in [4.78, 5) is 31.3. The van der Waals surface area contributed by atoms with Crippen molar-refractivity contribution >= 4 is 23.2 Å². The molecular formula is C20H21N3O2. The van der Waals surface area contributed by atoms with E-state index in [9.17, 15) is 9.59 Å². The third-order valence-electron chi connectivity index (χ3n) is 5.01. The summed E-state index contributed by atoms with van der Waals surface area (Å²) >= 11 is 0. The normalized spacial score (nSPS) is 18.2. The van der Waals surface area contributed by atoms with Gasteiger partial charge in [-0.2, -0.15) is 0 Å². The predicted molar refractivity (Wildman–Crippen MR) is 96.9 cm³/mol. The van der Waals surface area contributed by atoms with Gasteiger partial charge in [-0.1, -0.05) is 6.07 Å². The first-order chi connectivity index (χ1) is 11.9. The van der Waals surface area contributed by atoms with Gasteiger partial charge in [0.05, 0.1) is 11.1 Å². The zero-order valence-corrected chi connectivity index (χ0v) is 14.7. The summed E-state index contributed by atoms with van der Waals surface area (Å²) < 4.78 is 0. The van der Waals surface area contributed by atoms with Crippen LogP contribution in [0.2, 0.25) is 0 Å². The summed E-state index contributed by atoms with van der Waals surface area (Å²) in [6.45, 7) is 5.79. The molecule has 1 aromatic carbocycles. The first kappa shape index (κ1) is 15.8. The smallest absolute Gasteiger partial charge is 0.255 e. The van der Waals surface area contributed by atoms with Gasteiger partial charge in [0.1, 0.15) is 0 Å². The van der Waals surface area contributed by atoms with Gasteiger partial charge >= 0.3 is 0 Å². The highest BCUT2D eigenvalue weighted by Gasteiger charge is 2.48. The van der Waals surface area contributed by atoms with Crippen molar-refractivity contribution in [2.24, 2.45) is 0 Å². The van der Waals surface area contributed by atoms with Crippen LogP contribution in [0.3, 0.4) is 0 Å². The van der Waals surface area contributed by atoms with Crippen molar-refractivity contribution < 1.29 is 9.59 Å². The minimum absolute atomic E-state index is 0.151. The maximum atomic E-state index is 12.8. The number of benzene rings is 1. The van der Waals surface area contributed by atoms with Gasteiger partial charge in [-0.3, -0.25) is 14.6 Å². The Morgan fingerprint density at radius 2 is 2.00 bits per heavy atom. The second-order valence-electron chi connectivity index (χ2n) is 7.40. The van der Waals surface area contributed by atoms with Crippen LogP contribution in [0, 0.1) is 6.92 Å². The first-order valence-corrected chi connectivity index (χ1v) is 8.60. The van der Waals surface area contributed by atoms with Gasteiger partial charge in [0.25, 0.3) is 5.91 Å². The molecular weight excluding hydrogens is 314 g/mol. The second-order valence-corrected chi connectivity index (χ2v) is 7.40. The van der Waals surface area contributed by atoms with E-state index in [1.165, 1.54) is 0 Å². The van der Waals surface area contributed by atoms with E-state index in [1.54, 1.807) is 18.3 Å². The topological polar surface area (TPSA) is 62.3 Å². The molecule has 0 unspecified atom stereocenters. The monoisotopic (exact) mass is 335 g/mol. The molecule has 0 bridgehead atoms. The Balaban J connectivity index is 1.65. The lowest BCUT2D eigenvalue weighted by Gasteiger charge is -2.19. The number of nitrogens with one attached hydrogen (secondary N) is 1. The van der Waals surface area contributed by atoms with Crippen LogP contribution < -0.4 is 10.2 Å². The fourth-order valence-corrected chi connectivity index (χ4v) is 3.45. The van der Waals surface area contributed by atoms with Crippen LogP contribution in [0.1, 0.15) is 48.3 Å². The minimum Gasteiger partial charge on any atom is -0.322 e. The summed E-state index contributed by atoms with van der Waals surface area (Å²) in [5, 5.41) is 2.93. The lowest BCUT2D eigenvalue weighted by atomic mass is 9.86. The number of nitrogens with zero attached hydrogens (tertiary/aromatic N) is 2. The molecule has 2 aromatic rings. The van der Waals surface area contributed by atoms with Gasteiger partial charge in [0.15, 0.2) is 0 Å². The molecule has 1 saturated carbocycles. The molecule has 1 N–H and O–H groups in total. The summed E-state index contributed by atoms with van der Waals surface area (Å²) in [6.07, 6.45) is 3.73. The van der Waals surface area contributed by atoms with Crippen molar-refractivity contribution in [1.29, 1.82) is 0 Å². The Morgan fingerprint density at radius 1 is 1.24 bits per heavy atom. The summed E-state index contributed by atoms with van der Waals surface area (Å²) in [7, 11) is 0. The molecule has 5 heteroatoms. The van der Waals surface area contributed by atoms with Crippen LogP contribution in [0.5, 0.6) is 0 Å². The molecule has 128 valence electrons. The molecule has 2 aliphatic rings. The average molecular weight is 335 g/mol. The first-order valence-electron chi connectivity index (χ1n) is 8.60. The predicted octanol–water partition coefficient (Wildman–Crippen LogP) is 3.43. The Hall–Kier alpha value is -2.69. The molecule has 4 rings (SSSR count). The fourth-order valence-electron chi connectivity index (χ4n) is 3.45. The van der Waals surface area contributed by atoms with Crippen molar-refractivity contribution in [3.63, 3.8) is 0 Å². The summed E-state index contributed by atoms with van der Waals surface area (Å²) in [5.74, 6) is -0.0229. The largest absolute Gasteiger partial charge is 0.322 e. The van der Waals surface area contributed by atoms with Crippen LogP contribution in [-0.2, 0) is 10.2 Å². The second kappa shape index (κ2) is 5.41. The molecule has 25 heavy (non-hydrogen) atoms. The van der Waals surface area contributed by atoms with Gasteiger partial charge < -0.3 is 10.2 Å². The molecule has 1 aliphatic heterocycles. The molecule has 0 saturated heterocycles. The van der Waals surface area contributed by atoms with Crippen LogP contribution in [0.25, 0.3) is 0 Å². The highest BCUT2D eigenvalue weighted by Crippen LogP contribution is 2.47. The van der Waals surface area contributed by atoms with Crippen molar-refractivity contribution in [2.45, 2.75) is 45.1 Å². The Bertz CT molecular complexity index is 884. The van der Waals surface area contributed by atoms with Crippen molar-refractivity contribution in [1.82, 2.24) is 4.98 Å². The highest BCUT2D eigenvalue weighted by molar-refractivity contribution is 6.10. The number of carbonyl (C=O) groups is 2. The lowest BCUT2D eigenvalue weighted by molar-refractivity contribution is -0.122. The number of fused-ring (bicyclic) bond motifs is 1. The van der Waals surface area contributed by atoms with Gasteiger partial charge in [-0.25, -0.2) is 0 Å². The van der Waals surface area contributed by atoms with Crippen molar-refractivity contribution in [3.05, 3.63) is 53.3 Å². The Labute approximate surface area is 147 Å². The molecule has 1 aliphatic carbocycles. The van der Waals surface area contributed by atoms with E-state index in [4.69, 9.17) is 0 Å². The molecule has 1 fully saturated rings. The van der Waals surface area contributed by atoms with Crippen LogP contribution in [-0.4, -0.2) is 22.8 Å². The Kier molecular flexibility index (Phi) is 3.42. The number of pyridine rings is 1. The lowest BCUT2D eigenvalue weighted by Crippen LogP contribution is -2.37. The third kappa shape index (κ3) is 2.60. The zero-order valence-electron chi connectivity index (χ0n) is 14.7. The van der Waals surface area contributed by atoms with E-state index >= 15 is 0 Å². The van der Waals surface area contributed by atoms with Gasteiger partial charge in [0, 0.05) is 29.2 Å². The van der Waals surface area contributed by atoms with E-state index in [0.29, 0.717) is 17.3 Å². The van der Waals surface area contributed by atoms with Crippen molar-refractivity contribution in [2.75, 3.05) is 10.2 Å². The molecule has 5 nitrogen and oxygen atoms in total. The van der Waals surface area contributed by atoms with E-state index < -0.39 is 5.41 Å². The molecule has 2 heterocycles. The molecule has 0 atom stereocenters. The average Bonchev–Trinajstić information content (AvgIpc) is 3.37. The van der Waals surface area contributed by atoms with E-state index in [2.05, 4.69) is 10.3 Å². The van der Waals surface area contributed by atoms with E-state index in [1.807, 2.05) is 43.9 Å². The Morgan fingerprint density at radius 3 is 2.68 bits per heavy atom. The number of hydrogen-bond acceptors (Lipinski definition) is 3. The van der Waals surface area contributed by atoms with Gasteiger partial charge in [0.2, 0.25) is 5.91 Å². The van der Waals surface area contributed by atoms with Crippen molar-refractivity contribution in [3.8, 4) is 0 Å². The third-order valence-corrected chi connectivity index (χ3v) is 5.01. The van der Waals surface area contributed by atoms with Crippen LogP contribution >= 0.6 is 0 Å². The molecule has 0 spiro atoms. The number of anilines is 2. The van der Waals surface area contributed by atoms with Crippen LogP contribution in [0.4, 0.5) is 11.4 Å². The van der Waals surface area contributed by atoms with Gasteiger partial charge in [-0.15, -0.1) is 0 Å². The SMILES string of the molecule is Cc1cc(C(=O)Nc2ccc3c(c2)N(C2CC2)C(=O)C3(C)C)ccn1. The quantitative estimate of drug-likeness (QED) is 0.935. The number of carbonyl (C=O) groups excluding carboxylic acids is 2. The molecule has 2 amide bonds. The van der Waals surface area contributed by atoms with Crippen LogP contribution in [0.15, 0.2) is 36.5 Å². The maximum Gasteiger partial charge on any atom is 0.255 e. The number of aryl methyl sites for hydroxylation is 1. The highest BCUT2D eigenvalue weighted by atomic mass is 16.2. The summed E-state index contributed by atoms with van der Waals surface area (Å²) in [6, 6.07) is 9.51. The number of aromatic nitrogens is 1. The number of rotatable bonds is 3. The minimum atomic E-state index is -0.511. The maximum absolute atomic E-state index is 12.8. The number of hydrogen-bond donors (Lipinski definition) is 1. The summed E-state index contributed by atoms with van der Waals surface area (Å²) in [5.41, 5.74) is 3.53. The molecule has 1 aromatic heterocycles.